The second-order valence-electron chi connectivity index (χ2n) is 8.23. The summed E-state index contributed by atoms with van der Waals surface area (Å²) in [5, 5.41) is 1.49. The normalized spacial score (nSPS) is 14.4. The van der Waals surface area contributed by atoms with Gasteiger partial charge < -0.3 is 19.1 Å². The van der Waals surface area contributed by atoms with Crippen LogP contribution in [0.1, 0.15) is 25.0 Å². The average molecular weight is 683 g/mol. The number of hydrogen-bond donors (Lipinski definition) is 0. The highest BCUT2D eigenvalue weighted by atomic mass is 127. The third kappa shape index (κ3) is 6.20. The van der Waals surface area contributed by atoms with Gasteiger partial charge in [0.2, 0.25) is 0 Å². The highest BCUT2D eigenvalue weighted by Gasteiger charge is 2.36. The number of ether oxygens (including phenoxy) is 3. The molecule has 0 aromatic heterocycles. The van der Waals surface area contributed by atoms with E-state index in [0.29, 0.717) is 51.3 Å². The molecule has 1 heterocycles. The zero-order valence-corrected chi connectivity index (χ0v) is 25.5. The smallest absolute Gasteiger partial charge is 0.281 e. The van der Waals surface area contributed by atoms with Crippen LogP contribution >= 0.6 is 58.0 Å². The summed E-state index contributed by atoms with van der Waals surface area (Å²) in [6, 6.07) is 16.3. The van der Waals surface area contributed by atoms with Gasteiger partial charge in [-0.3, -0.25) is 9.69 Å². The van der Waals surface area contributed by atoms with Gasteiger partial charge in [-0.25, -0.2) is 0 Å². The molecule has 0 N–H and O–H groups in total. The third-order valence-corrected chi connectivity index (χ3v) is 7.53. The summed E-state index contributed by atoms with van der Waals surface area (Å²) >= 11 is 20.1. The first kappa shape index (κ1) is 28.5. The fourth-order valence-corrected chi connectivity index (χ4v) is 5.39. The van der Waals surface area contributed by atoms with Gasteiger partial charge in [0, 0.05) is 22.7 Å². The second kappa shape index (κ2) is 12.5. The predicted octanol–water partition coefficient (Wildman–Crippen LogP) is 7.58. The molecule has 1 aliphatic heterocycles. The van der Waals surface area contributed by atoms with Crippen LogP contribution in [0.15, 0.2) is 60.3 Å². The molecule has 1 fully saturated rings. The molecule has 0 atom stereocenters. The lowest BCUT2D eigenvalue weighted by molar-refractivity contribution is -0.114. The quantitative estimate of drug-likeness (QED) is 0.132. The van der Waals surface area contributed by atoms with Gasteiger partial charge in [0.25, 0.3) is 5.91 Å². The van der Waals surface area contributed by atoms with Crippen molar-refractivity contribution in [2.75, 3.05) is 25.2 Å². The lowest BCUT2D eigenvalue weighted by Crippen LogP contribution is -2.31. The van der Waals surface area contributed by atoms with Crippen LogP contribution in [0.2, 0.25) is 10.0 Å². The van der Waals surface area contributed by atoms with E-state index in [0.717, 1.165) is 20.4 Å². The maximum absolute atomic E-state index is 13.4. The van der Waals surface area contributed by atoms with Crippen LogP contribution in [0, 0.1) is 3.57 Å². The highest BCUT2D eigenvalue weighted by molar-refractivity contribution is 14.1. The molecule has 0 radical (unpaired) electrons. The number of hydrogen-bond acceptors (Lipinski definition) is 5. The summed E-state index contributed by atoms with van der Waals surface area (Å²) in [5.74, 6) is 1.68. The first-order valence-electron chi connectivity index (χ1n) is 11.8. The first-order chi connectivity index (χ1) is 18.2. The van der Waals surface area contributed by atoms with E-state index in [1.54, 1.807) is 30.2 Å². The Labute approximate surface area is 251 Å². The van der Waals surface area contributed by atoms with E-state index < -0.39 is 0 Å². The van der Waals surface area contributed by atoms with Crippen molar-refractivity contribution in [3.8, 4) is 17.2 Å². The van der Waals surface area contributed by atoms with Crippen molar-refractivity contribution in [3.05, 3.63) is 85.0 Å². The van der Waals surface area contributed by atoms with Crippen LogP contribution in [0.25, 0.3) is 6.08 Å². The first-order valence-corrected chi connectivity index (χ1v) is 14.1. The number of carbonyl (C=O) groups excluding carboxylic acids is 1. The molecule has 3 aromatic carbocycles. The number of thiocarbonyl (C=S) groups is 1. The molecule has 1 amide bonds. The maximum atomic E-state index is 13.4. The molecule has 1 saturated heterocycles. The minimum absolute atomic E-state index is 0.215. The number of benzene rings is 3. The monoisotopic (exact) mass is 682 g/mol. The Morgan fingerprint density at radius 3 is 2.34 bits per heavy atom. The Kier molecular flexibility index (Phi) is 9.40. The molecule has 198 valence electrons. The molecular formula is C28H25Cl2IN2O4S. The van der Waals surface area contributed by atoms with E-state index in [1.807, 2.05) is 56.3 Å². The van der Waals surface area contributed by atoms with Crippen LogP contribution in [0.5, 0.6) is 17.2 Å². The number of carbonyl (C=O) groups is 1. The minimum Gasteiger partial charge on any atom is -0.494 e. The molecule has 10 heteroatoms. The van der Waals surface area contributed by atoms with Crippen molar-refractivity contribution >= 4 is 80.8 Å². The zero-order chi connectivity index (χ0) is 27.4. The molecule has 0 bridgehead atoms. The number of halogens is 3. The predicted molar refractivity (Wildman–Crippen MR) is 165 cm³/mol. The Morgan fingerprint density at radius 2 is 1.68 bits per heavy atom. The summed E-state index contributed by atoms with van der Waals surface area (Å²) in [6.45, 7) is 5.09. The number of anilines is 1. The largest absolute Gasteiger partial charge is 0.494 e. The van der Waals surface area contributed by atoms with Gasteiger partial charge in [-0.15, -0.1) is 0 Å². The minimum atomic E-state index is -0.215. The summed E-state index contributed by atoms with van der Waals surface area (Å²) in [6.07, 6.45) is 1.80. The zero-order valence-electron chi connectivity index (χ0n) is 21.0. The van der Waals surface area contributed by atoms with E-state index in [4.69, 9.17) is 49.6 Å². The number of rotatable bonds is 9. The van der Waals surface area contributed by atoms with Crippen LogP contribution in [-0.4, -0.2) is 36.2 Å². The van der Waals surface area contributed by atoms with Gasteiger partial charge in [-0.1, -0.05) is 29.3 Å². The van der Waals surface area contributed by atoms with Gasteiger partial charge in [-0.2, -0.15) is 0 Å². The fraction of sp³-hybridized carbons (Fsp3) is 0.214. The molecule has 0 saturated carbocycles. The maximum Gasteiger partial charge on any atom is 0.281 e. The summed E-state index contributed by atoms with van der Waals surface area (Å²) in [4.78, 5) is 16.7. The van der Waals surface area contributed by atoms with Gasteiger partial charge in [-0.05, 0) is 109 Å². The van der Waals surface area contributed by atoms with Crippen molar-refractivity contribution in [2.24, 2.45) is 0 Å². The van der Waals surface area contributed by atoms with Crippen LogP contribution in [0.3, 0.4) is 0 Å². The van der Waals surface area contributed by atoms with Crippen LogP contribution in [0.4, 0.5) is 5.69 Å². The van der Waals surface area contributed by atoms with Crippen molar-refractivity contribution in [2.45, 2.75) is 20.5 Å². The number of likely N-dealkylation sites (N-methyl/N-ethyl adjacent to an activating group) is 1. The van der Waals surface area contributed by atoms with E-state index in [1.165, 1.54) is 4.90 Å². The Morgan fingerprint density at radius 1 is 0.974 bits per heavy atom. The van der Waals surface area contributed by atoms with Crippen LogP contribution in [-0.2, 0) is 11.4 Å². The molecule has 0 unspecified atom stereocenters. The van der Waals surface area contributed by atoms with Crippen molar-refractivity contribution in [1.82, 2.24) is 4.90 Å². The Hall–Kier alpha value is -2.53. The van der Waals surface area contributed by atoms with E-state index in [2.05, 4.69) is 22.6 Å². The molecule has 3 aromatic rings. The second-order valence-corrected chi connectivity index (χ2v) is 10.6. The fourth-order valence-electron chi connectivity index (χ4n) is 3.86. The SMILES string of the molecule is CCOc1ccc(N2C(=O)/C(=C/c3cc(I)c(OCc4ccc(Cl)cc4Cl)c(OCC)c3)N(C)C2=S)cc1. The summed E-state index contributed by atoms with van der Waals surface area (Å²) < 4.78 is 18.3. The third-order valence-electron chi connectivity index (χ3n) is 5.69. The summed E-state index contributed by atoms with van der Waals surface area (Å²) in [5.41, 5.74) is 2.71. The Balaban J connectivity index is 1.61. The van der Waals surface area contributed by atoms with Gasteiger partial charge in [0.1, 0.15) is 18.1 Å². The van der Waals surface area contributed by atoms with E-state index in [-0.39, 0.29) is 12.5 Å². The number of amides is 1. The van der Waals surface area contributed by atoms with Crippen molar-refractivity contribution < 1.29 is 19.0 Å². The van der Waals surface area contributed by atoms with E-state index >= 15 is 0 Å². The van der Waals surface area contributed by atoms with Gasteiger partial charge in [0.05, 0.1) is 22.5 Å². The molecule has 1 aliphatic rings. The molecular weight excluding hydrogens is 658 g/mol. The topological polar surface area (TPSA) is 51.2 Å². The average Bonchev–Trinajstić information content (AvgIpc) is 3.08. The molecule has 38 heavy (non-hydrogen) atoms. The summed E-state index contributed by atoms with van der Waals surface area (Å²) in [7, 11) is 1.78. The highest BCUT2D eigenvalue weighted by Crippen LogP contribution is 2.37. The molecule has 0 spiro atoms. The van der Waals surface area contributed by atoms with Crippen molar-refractivity contribution in [3.63, 3.8) is 0 Å². The molecule has 0 aliphatic carbocycles. The van der Waals surface area contributed by atoms with Gasteiger partial charge >= 0.3 is 0 Å². The molecule has 6 nitrogen and oxygen atoms in total. The lowest BCUT2D eigenvalue weighted by atomic mass is 10.1. The van der Waals surface area contributed by atoms with Gasteiger partial charge in [0.15, 0.2) is 16.6 Å². The van der Waals surface area contributed by atoms with Crippen LogP contribution < -0.4 is 19.1 Å². The van der Waals surface area contributed by atoms with E-state index in [9.17, 15) is 4.79 Å². The van der Waals surface area contributed by atoms with Crippen molar-refractivity contribution in [1.29, 1.82) is 0 Å². The Bertz CT molecular complexity index is 1400. The number of nitrogens with zero attached hydrogens (tertiary/aromatic N) is 2. The standard InChI is InChI=1S/C28H25Cl2IN2O4S/c1-4-35-21-10-8-20(9-11-21)33-27(34)24(32(3)28(33)38)13-17-12-23(31)26(25(14-17)36-5-2)37-16-18-6-7-19(29)15-22(18)30/h6-15H,4-5,16H2,1-3H3/b24-13-. The lowest BCUT2D eigenvalue weighted by Gasteiger charge is -2.17. The molecule has 4 rings (SSSR count).